The number of rotatable bonds is 3. The summed E-state index contributed by atoms with van der Waals surface area (Å²) < 4.78 is 0.167. The molecule has 2 aliphatic rings. The number of para-hydroxylation sites is 1. The van der Waals surface area contributed by atoms with E-state index in [4.69, 9.17) is 12.2 Å². The van der Waals surface area contributed by atoms with E-state index in [1.807, 2.05) is 0 Å². The van der Waals surface area contributed by atoms with Crippen LogP contribution in [0.2, 0.25) is 0 Å². The summed E-state index contributed by atoms with van der Waals surface area (Å²) in [6.45, 7) is 1.14. The smallest absolute Gasteiger partial charge is 0.267 e. The number of aliphatic carboxylic acids is 1. The quantitative estimate of drug-likeness (QED) is 0.553. The van der Waals surface area contributed by atoms with Crippen LogP contribution in [0.5, 0.6) is 0 Å². The number of nitrogens with zero attached hydrogens (tertiary/aromatic N) is 2. The fourth-order valence-corrected chi connectivity index (χ4v) is 4.07. The molecule has 7 nitrogen and oxygen atoms in total. The van der Waals surface area contributed by atoms with Crippen LogP contribution in [0.1, 0.15) is 18.9 Å². The Hall–Kier alpha value is -2.52. The van der Waals surface area contributed by atoms with E-state index in [0.29, 0.717) is 11.3 Å². The molecule has 2 aliphatic heterocycles. The van der Waals surface area contributed by atoms with Crippen molar-refractivity contribution >= 4 is 63.3 Å². The molecular weight excluding hydrogens is 364 g/mol. The molecule has 0 saturated carbocycles. The number of anilines is 1. The first kappa shape index (κ1) is 17.3. The minimum Gasteiger partial charge on any atom is -0.550 e. The van der Waals surface area contributed by atoms with Crippen molar-refractivity contribution in [3.63, 3.8) is 0 Å². The maximum Gasteiger partial charge on any atom is 0.267 e. The van der Waals surface area contributed by atoms with Crippen molar-refractivity contribution in [1.29, 1.82) is 0 Å². The second-order valence-electron chi connectivity index (χ2n) is 5.33. The molecule has 0 spiro atoms. The van der Waals surface area contributed by atoms with E-state index >= 15 is 0 Å². The number of carbonyl (C=O) groups is 4. The normalized spacial score (nSPS) is 19.6. The number of carboxylic acid groups (broad SMARTS) is 1. The SMILES string of the molecule is CC(=O)N1C(=O)/C(=C2/SC(=S)N(CCC(=O)[O-])C2=O)c2ccccc21. The minimum atomic E-state index is -1.30. The van der Waals surface area contributed by atoms with Gasteiger partial charge in [0.05, 0.1) is 16.2 Å². The maximum absolute atomic E-state index is 12.7. The Morgan fingerprint density at radius 2 is 1.88 bits per heavy atom. The number of hydrogen-bond acceptors (Lipinski definition) is 7. The second kappa shape index (κ2) is 6.41. The molecule has 3 rings (SSSR count). The summed E-state index contributed by atoms with van der Waals surface area (Å²) >= 11 is 6.06. The van der Waals surface area contributed by atoms with Gasteiger partial charge in [-0.3, -0.25) is 19.3 Å². The van der Waals surface area contributed by atoms with E-state index in [0.717, 1.165) is 21.6 Å². The van der Waals surface area contributed by atoms with Crippen LogP contribution in [0.3, 0.4) is 0 Å². The van der Waals surface area contributed by atoms with Crippen molar-refractivity contribution < 1.29 is 24.3 Å². The molecule has 0 atom stereocenters. The van der Waals surface area contributed by atoms with Crippen LogP contribution in [0.25, 0.3) is 5.57 Å². The highest BCUT2D eigenvalue weighted by Crippen LogP contribution is 2.44. The lowest BCUT2D eigenvalue weighted by atomic mass is 10.1. The topological polar surface area (TPSA) is 97.8 Å². The van der Waals surface area contributed by atoms with Gasteiger partial charge in [0.2, 0.25) is 5.91 Å². The number of imide groups is 1. The first-order valence-electron chi connectivity index (χ1n) is 7.25. The predicted molar refractivity (Wildman–Crippen MR) is 93.1 cm³/mol. The Kier molecular flexibility index (Phi) is 4.44. The molecule has 9 heteroatoms. The van der Waals surface area contributed by atoms with Gasteiger partial charge in [-0.2, -0.15) is 0 Å². The number of amides is 3. The summed E-state index contributed by atoms with van der Waals surface area (Å²) in [6.07, 6.45) is -0.362. The van der Waals surface area contributed by atoms with Gasteiger partial charge < -0.3 is 9.90 Å². The molecule has 3 amide bonds. The first-order valence-corrected chi connectivity index (χ1v) is 8.47. The number of fused-ring (bicyclic) bond motifs is 1. The number of carbonyl (C=O) groups excluding carboxylic acids is 4. The van der Waals surface area contributed by atoms with Gasteiger partial charge in [-0.1, -0.05) is 42.2 Å². The molecule has 0 radical (unpaired) electrons. The molecule has 0 bridgehead atoms. The molecule has 0 N–H and O–H groups in total. The molecule has 0 aliphatic carbocycles. The summed E-state index contributed by atoms with van der Waals surface area (Å²) in [6, 6.07) is 6.67. The number of benzene rings is 1. The third-order valence-corrected chi connectivity index (χ3v) is 5.21. The van der Waals surface area contributed by atoms with E-state index in [1.165, 1.54) is 6.92 Å². The lowest BCUT2D eigenvalue weighted by Crippen LogP contribution is -2.34. The van der Waals surface area contributed by atoms with Gasteiger partial charge >= 0.3 is 0 Å². The van der Waals surface area contributed by atoms with Gasteiger partial charge in [0.25, 0.3) is 11.8 Å². The zero-order chi connectivity index (χ0) is 18.3. The minimum absolute atomic E-state index is 0.101. The maximum atomic E-state index is 12.7. The van der Waals surface area contributed by atoms with Gasteiger partial charge in [0.1, 0.15) is 4.32 Å². The van der Waals surface area contributed by atoms with Crippen LogP contribution in [0.4, 0.5) is 5.69 Å². The summed E-state index contributed by atoms with van der Waals surface area (Å²) in [7, 11) is 0. The second-order valence-corrected chi connectivity index (χ2v) is 6.97. The highest BCUT2D eigenvalue weighted by molar-refractivity contribution is 8.26. The molecule has 128 valence electrons. The largest absolute Gasteiger partial charge is 0.550 e. The molecule has 0 unspecified atom stereocenters. The monoisotopic (exact) mass is 375 g/mol. The van der Waals surface area contributed by atoms with Crippen LogP contribution in [0.15, 0.2) is 29.2 Å². The van der Waals surface area contributed by atoms with Crippen molar-refractivity contribution in [2.24, 2.45) is 0 Å². The van der Waals surface area contributed by atoms with E-state index in [-0.39, 0.29) is 27.8 Å². The standard InChI is InChI=1S/C16H12N2O5S2/c1-8(19)18-10-5-3-2-4-9(10)12(14(18)22)13-15(23)17(16(24)25-13)7-6-11(20)21/h2-5H,6-7H2,1H3,(H,20,21)/p-1/b13-12+. The number of thiocarbonyl (C=S) groups is 1. The van der Waals surface area contributed by atoms with E-state index < -0.39 is 23.7 Å². The molecule has 1 aromatic rings. The van der Waals surface area contributed by atoms with E-state index in [9.17, 15) is 24.3 Å². The first-order chi connectivity index (χ1) is 11.8. The third kappa shape index (κ3) is 2.85. The van der Waals surface area contributed by atoms with Gasteiger partial charge in [0.15, 0.2) is 0 Å². The summed E-state index contributed by atoms with van der Waals surface area (Å²) in [4.78, 5) is 50.1. The van der Waals surface area contributed by atoms with Crippen LogP contribution in [0, 0.1) is 0 Å². The molecule has 0 aromatic heterocycles. The molecule has 1 saturated heterocycles. The Bertz CT molecular complexity index is 877. The number of hydrogen-bond donors (Lipinski definition) is 0. The predicted octanol–water partition coefficient (Wildman–Crippen LogP) is 0.291. The van der Waals surface area contributed by atoms with Crippen LogP contribution in [-0.2, 0) is 19.2 Å². The molecular formula is C16H11N2O5S2-. The van der Waals surface area contributed by atoms with Crippen LogP contribution in [-0.4, -0.2) is 39.5 Å². The highest BCUT2D eigenvalue weighted by Gasteiger charge is 2.42. The average molecular weight is 375 g/mol. The zero-order valence-electron chi connectivity index (χ0n) is 13.0. The number of carboxylic acids is 1. The summed E-state index contributed by atoms with van der Waals surface area (Å²) in [5, 5.41) is 10.6. The summed E-state index contributed by atoms with van der Waals surface area (Å²) in [5.74, 6) is -2.89. The van der Waals surface area contributed by atoms with Gasteiger partial charge in [-0.05, 0) is 6.07 Å². The Morgan fingerprint density at radius 3 is 2.52 bits per heavy atom. The van der Waals surface area contributed by atoms with Crippen molar-refractivity contribution in [3.8, 4) is 0 Å². The van der Waals surface area contributed by atoms with Crippen molar-refractivity contribution in [1.82, 2.24) is 4.90 Å². The van der Waals surface area contributed by atoms with E-state index in [2.05, 4.69) is 0 Å². The third-order valence-electron chi connectivity index (χ3n) is 3.76. The highest BCUT2D eigenvalue weighted by atomic mass is 32.2. The van der Waals surface area contributed by atoms with Gasteiger partial charge in [-0.15, -0.1) is 0 Å². The number of thioether (sulfide) groups is 1. The lowest BCUT2D eigenvalue weighted by Gasteiger charge is -2.14. The fraction of sp³-hybridized carbons (Fsp3) is 0.188. The van der Waals surface area contributed by atoms with Crippen molar-refractivity contribution in [2.45, 2.75) is 13.3 Å². The van der Waals surface area contributed by atoms with Crippen LogP contribution < -0.4 is 10.0 Å². The zero-order valence-corrected chi connectivity index (χ0v) is 14.6. The molecule has 1 fully saturated rings. The Balaban J connectivity index is 2.07. The molecule has 2 heterocycles. The van der Waals surface area contributed by atoms with Crippen LogP contribution >= 0.6 is 24.0 Å². The lowest BCUT2D eigenvalue weighted by molar-refractivity contribution is -0.305. The van der Waals surface area contributed by atoms with Gasteiger partial charge in [-0.25, -0.2) is 4.90 Å². The average Bonchev–Trinajstić information content (AvgIpc) is 2.98. The van der Waals surface area contributed by atoms with Gasteiger partial charge in [0, 0.05) is 31.4 Å². The fourth-order valence-electron chi connectivity index (χ4n) is 2.69. The van der Waals surface area contributed by atoms with E-state index in [1.54, 1.807) is 24.3 Å². The van der Waals surface area contributed by atoms with Crippen molar-refractivity contribution in [3.05, 3.63) is 34.7 Å². The Morgan fingerprint density at radius 1 is 1.20 bits per heavy atom. The van der Waals surface area contributed by atoms with Crippen molar-refractivity contribution in [2.75, 3.05) is 11.4 Å². The summed E-state index contributed by atoms with van der Waals surface area (Å²) in [5.41, 5.74) is 0.997. The molecule has 25 heavy (non-hydrogen) atoms. The molecule has 1 aromatic carbocycles. The Labute approximate surface area is 152 Å².